The van der Waals surface area contributed by atoms with Crippen LogP contribution in [0.4, 0.5) is 5.69 Å². The van der Waals surface area contributed by atoms with Gasteiger partial charge in [-0.2, -0.15) is 0 Å². The number of hydrogen-bond donors (Lipinski definition) is 1. The second-order valence-corrected chi connectivity index (χ2v) is 5.19. The Balaban J connectivity index is 2.98. The van der Waals surface area contributed by atoms with Gasteiger partial charge >= 0.3 is 0 Å². The van der Waals surface area contributed by atoms with Gasteiger partial charge in [0.05, 0.1) is 6.26 Å². The molecule has 1 aromatic carbocycles. The van der Waals surface area contributed by atoms with E-state index in [0.29, 0.717) is 10.7 Å². The molecule has 0 spiro atoms. The number of sulfonamides is 1. The standard InChI is InChI=1S/C9H12ClNO2S/c1-3-7-4-5-8(6-9(7)10)11-14(2,12)13/h4-6,11H,3H2,1-2H3. The maximum atomic E-state index is 10.9. The lowest BCUT2D eigenvalue weighted by atomic mass is 10.1. The van der Waals surface area contributed by atoms with E-state index in [4.69, 9.17) is 11.6 Å². The Morgan fingerprint density at radius 1 is 1.43 bits per heavy atom. The highest BCUT2D eigenvalue weighted by molar-refractivity contribution is 7.92. The first-order valence-corrected chi connectivity index (χ1v) is 6.45. The van der Waals surface area contributed by atoms with E-state index in [9.17, 15) is 8.42 Å². The lowest BCUT2D eigenvalue weighted by Gasteiger charge is -2.06. The van der Waals surface area contributed by atoms with Gasteiger partial charge in [-0.3, -0.25) is 4.72 Å². The minimum atomic E-state index is -3.22. The van der Waals surface area contributed by atoms with Crippen molar-refractivity contribution < 1.29 is 8.42 Å². The highest BCUT2D eigenvalue weighted by Crippen LogP contribution is 2.21. The van der Waals surface area contributed by atoms with Crippen LogP contribution >= 0.6 is 11.6 Å². The van der Waals surface area contributed by atoms with Gasteiger partial charge in [-0.15, -0.1) is 0 Å². The molecule has 0 radical (unpaired) electrons. The van der Waals surface area contributed by atoms with E-state index in [1.165, 1.54) is 0 Å². The molecular formula is C9H12ClNO2S. The highest BCUT2D eigenvalue weighted by Gasteiger charge is 2.04. The lowest BCUT2D eigenvalue weighted by Crippen LogP contribution is -2.09. The largest absolute Gasteiger partial charge is 0.284 e. The summed E-state index contributed by atoms with van der Waals surface area (Å²) in [4.78, 5) is 0. The average Bonchev–Trinajstić information content (AvgIpc) is 2.01. The van der Waals surface area contributed by atoms with Crippen LogP contribution in [0.15, 0.2) is 18.2 Å². The summed E-state index contributed by atoms with van der Waals surface area (Å²) < 4.78 is 24.2. The molecule has 0 aromatic heterocycles. The van der Waals surface area contributed by atoms with Crippen molar-refractivity contribution in [3.8, 4) is 0 Å². The van der Waals surface area contributed by atoms with Crippen LogP contribution in [0.3, 0.4) is 0 Å². The monoisotopic (exact) mass is 233 g/mol. The zero-order chi connectivity index (χ0) is 10.8. The second-order valence-electron chi connectivity index (χ2n) is 3.03. The van der Waals surface area contributed by atoms with Gasteiger partial charge in [0.15, 0.2) is 0 Å². The molecule has 0 aliphatic rings. The maximum absolute atomic E-state index is 10.9. The summed E-state index contributed by atoms with van der Waals surface area (Å²) in [6, 6.07) is 5.13. The van der Waals surface area contributed by atoms with E-state index in [0.717, 1.165) is 18.2 Å². The number of aryl methyl sites for hydroxylation is 1. The van der Waals surface area contributed by atoms with E-state index >= 15 is 0 Å². The minimum Gasteiger partial charge on any atom is -0.284 e. The summed E-state index contributed by atoms with van der Waals surface area (Å²) in [5.74, 6) is 0. The van der Waals surface area contributed by atoms with Crippen molar-refractivity contribution in [1.29, 1.82) is 0 Å². The highest BCUT2D eigenvalue weighted by atomic mass is 35.5. The van der Waals surface area contributed by atoms with Crippen molar-refractivity contribution in [3.63, 3.8) is 0 Å². The van der Waals surface area contributed by atoms with E-state index in [1.54, 1.807) is 12.1 Å². The number of hydrogen-bond acceptors (Lipinski definition) is 2. The number of benzene rings is 1. The van der Waals surface area contributed by atoms with Crippen LogP contribution < -0.4 is 4.72 Å². The van der Waals surface area contributed by atoms with Crippen LogP contribution in [0.2, 0.25) is 5.02 Å². The topological polar surface area (TPSA) is 46.2 Å². The number of nitrogens with one attached hydrogen (secondary N) is 1. The van der Waals surface area contributed by atoms with Gasteiger partial charge in [0.25, 0.3) is 0 Å². The summed E-state index contributed by atoms with van der Waals surface area (Å²) in [5, 5.41) is 0.584. The molecule has 5 heteroatoms. The Labute approximate surface area is 89.1 Å². The molecular weight excluding hydrogens is 222 g/mol. The third-order valence-electron chi connectivity index (χ3n) is 1.74. The molecule has 0 atom stereocenters. The normalized spacial score (nSPS) is 11.4. The fraction of sp³-hybridized carbons (Fsp3) is 0.333. The first-order chi connectivity index (χ1) is 6.42. The molecule has 0 bridgehead atoms. The Kier molecular flexibility index (Phi) is 3.39. The van der Waals surface area contributed by atoms with E-state index in [1.807, 2.05) is 13.0 Å². The van der Waals surface area contributed by atoms with Crippen molar-refractivity contribution in [2.24, 2.45) is 0 Å². The first-order valence-electron chi connectivity index (χ1n) is 4.18. The smallest absolute Gasteiger partial charge is 0.229 e. The lowest BCUT2D eigenvalue weighted by molar-refractivity contribution is 0.607. The molecule has 0 aliphatic heterocycles. The molecule has 1 N–H and O–H groups in total. The molecule has 3 nitrogen and oxygen atoms in total. The quantitative estimate of drug-likeness (QED) is 0.871. The van der Waals surface area contributed by atoms with Crippen molar-refractivity contribution in [3.05, 3.63) is 28.8 Å². The van der Waals surface area contributed by atoms with Crippen molar-refractivity contribution in [2.75, 3.05) is 11.0 Å². The van der Waals surface area contributed by atoms with Crippen LogP contribution in [0, 0.1) is 0 Å². The molecule has 0 amide bonds. The van der Waals surface area contributed by atoms with Gasteiger partial charge in [-0.05, 0) is 24.1 Å². The number of halogens is 1. The fourth-order valence-corrected chi connectivity index (χ4v) is 1.98. The van der Waals surface area contributed by atoms with Gasteiger partial charge in [0, 0.05) is 10.7 Å². The molecule has 0 unspecified atom stereocenters. The van der Waals surface area contributed by atoms with Gasteiger partial charge in [0.1, 0.15) is 0 Å². The second kappa shape index (κ2) is 4.19. The van der Waals surface area contributed by atoms with Gasteiger partial charge < -0.3 is 0 Å². The van der Waals surface area contributed by atoms with Crippen molar-refractivity contribution in [1.82, 2.24) is 0 Å². The summed E-state index contributed by atoms with van der Waals surface area (Å²) in [6.07, 6.45) is 1.94. The summed E-state index contributed by atoms with van der Waals surface area (Å²) in [7, 11) is -3.22. The Bertz CT molecular complexity index is 428. The average molecular weight is 234 g/mol. The molecule has 0 fully saturated rings. The Hall–Kier alpha value is -0.740. The molecule has 1 rings (SSSR count). The molecule has 0 saturated carbocycles. The molecule has 0 saturated heterocycles. The fourth-order valence-electron chi connectivity index (χ4n) is 1.11. The van der Waals surface area contributed by atoms with Crippen LogP contribution in [-0.2, 0) is 16.4 Å². The molecule has 0 heterocycles. The van der Waals surface area contributed by atoms with E-state index in [2.05, 4.69) is 4.72 Å². The molecule has 14 heavy (non-hydrogen) atoms. The molecule has 0 aliphatic carbocycles. The SMILES string of the molecule is CCc1ccc(NS(C)(=O)=O)cc1Cl. The minimum absolute atomic E-state index is 0.495. The third kappa shape index (κ3) is 3.20. The third-order valence-corrected chi connectivity index (χ3v) is 2.70. The van der Waals surface area contributed by atoms with Gasteiger partial charge in [0.2, 0.25) is 10.0 Å². The predicted octanol–water partition coefficient (Wildman–Crippen LogP) is 2.27. The summed E-state index contributed by atoms with van der Waals surface area (Å²) >= 11 is 5.92. The van der Waals surface area contributed by atoms with Gasteiger partial charge in [-0.1, -0.05) is 24.6 Å². The van der Waals surface area contributed by atoms with Crippen LogP contribution in [0.5, 0.6) is 0 Å². The zero-order valence-electron chi connectivity index (χ0n) is 8.04. The maximum Gasteiger partial charge on any atom is 0.229 e. The van der Waals surface area contributed by atoms with Gasteiger partial charge in [-0.25, -0.2) is 8.42 Å². The van der Waals surface area contributed by atoms with Crippen LogP contribution in [0.1, 0.15) is 12.5 Å². The van der Waals surface area contributed by atoms with E-state index in [-0.39, 0.29) is 0 Å². The van der Waals surface area contributed by atoms with Crippen LogP contribution in [-0.4, -0.2) is 14.7 Å². The Morgan fingerprint density at radius 3 is 2.50 bits per heavy atom. The Morgan fingerprint density at radius 2 is 2.07 bits per heavy atom. The predicted molar refractivity (Wildman–Crippen MR) is 59.3 cm³/mol. The van der Waals surface area contributed by atoms with E-state index < -0.39 is 10.0 Å². The number of rotatable bonds is 3. The summed E-state index contributed by atoms with van der Waals surface area (Å²) in [6.45, 7) is 1.99. The zero-order valence-corrected chi connectivity index (χ0v) is 9.61. The van der Waals surface area contributed by atoms with Crippen molar-refractivity contribution >= 4 is 27.3 Å². The molecule has 78 valence electrons. The van der Waals surface area contributed by atoms with Crippen molar-refractivity contribution in [2.45, 2.75) is 13.3 Å². The molecule has 1 aromatic rings. The van der Waals surface area contributed by atoms with Crippen LogP contribution in [0.25, 0.3) is 0 Å². The first kappa shape index (κ1) is 11.3. The number of anilines is 1. The summed E-state index contributed by atoms with van der Waals surface area (Å²) in [5.41, 5.74) is 1.50.